The molecule has 0 amide bonds. The number of aromatic nitrogens is 1. The minimum Gasteiger partial charge on any atom is -0.383 e. The Labute approximate surface area is 102 Å². The van der Waals surface area contributed by atoms with Crippen molar-refractivity contribution >= 4 is 5.82 Å². The summed E-state index contributed by atoms with van der Waals surface area (Å²) in [6.07, 6.45) is 8.80. The van der Waals surface area contributed by atoms with E-state index in [2.05, 4.69) is 11.1 Å². The molecule has 3 rings (SSSR count). The van der Waals surface area contributed by atoms with E-state index >= 15 is 0 Å². The van der Waals surface area contributed by atoms with Crippen LogP contribution in [0, 0.1) is 16.7 Å². The fraction of sp³-hybridized carbons (Fsp3) is 0.571. The lowest BCUT2D eigenvalue weighted by Crippen LogP contribution is -2.26. The molecule has 17 heavy (non-hydrogen) atoms. The molecule has 1 aromatic heterocycles. The molecule has 1 fully saturated rings. The Kier molecular flexibility index (Phi) is 2.32. The number of nitrogen functional groups attached to an aromatic ring is 1. The molecule has 0 aliphatic heterocycles. The Hall–Kier alpha value is -1.56. The van der Waals surface area contributed by atoms with Crippen LogP contribution >= 0.6 is 0 Å². The van der Waals surface area contributed by atoms with Crippen molar-refractivity contribution in [2.24, 2.45) is 5.41 Å². The maximum absolute atomic E-state index is 9.01. The van der Waals surface area contributed by atoms with Crippen molar-refractivity contribution in [3.63, 3.8) is 0 Å². The van der Waals surface area contributed by atoms with E-state index in [9.17, 15) is 0 Å². The van der Waals surface area contributed by atoms with Gasteiger partial charge in [0.2, 0.25) is 0 Å². The van der Waals surface area contributed by atoms with Gasteiger partial charge in [0.25, 0.3) is 0 Å². The van der Waals surface area contributed by atoms with E-state index < -0.39 is 0 Å². The van der Waals surface area contributed by atoms with E-state index in [1.165, 1.54) is 37.7 Å². The van der Waals surface area contributed by atoms with Gasteiger partial charge in [0, 0.05) is 5.69 Å². The lowest BCUT2D eigenvalue weighted by atomic mass is 9.71. The molecule has 1 heterocycles. The molecule has 1 aromatic rings. The Balaban J connectivity index is 1.99. The van der Waals surface area contributed by atoms with Crippen molar-refractivity contribution in [1.29, 1.82) is 5.26 Å². The molecule has 1 saturated carbocycles. The van der Waals surface area contributed by atoms with Gasteiger partial charge in [0.1, 0.15) is 11.9 Å². The Morgan fingerprint density at radius 2 is 2.06 bits per heavy atom. The smallest absolute Gasteiger partial charge is 0.141 e. The summed E-state index contributed by atoms with van der Waals surface area (Å²) in [6.45, 7) is 0. The Morgan fingerprint density at radius 3 is 2.76 bits per heavy atom. The van der Waals surface area contributed by atoms with Gasteiger partial charge in [-0.2, -0.15) is 5.26 Å². The SMILES string of the molecule is N#Cc1cc2c(nc1N)CCC1(CCCC1)C2. The summed E-state index contributed by atoms with van der Waals surface area (Å²) in [4.78, 5) is 4.39. The number of fused-ring (bicyclic) bond motifs is 1. The highest BCUT2D eigenvalue weighted by Gasteiger charge is 2.37. The standard InChI is InChI=1S/C14H17N3/c15-9-11-7-10-8-14(4-1-2-5-14)6-3-12(10)17-13(11)16/h7H,1-6,8H2,(H2,16,17). The van der Waals surface area contributed by atoms with Gasteiger partial charge < -0.3 is 5.73 Å². The second kappa shape index (κ2) is 3.73. The normalized spacial score (nSPS) is 21.1. The minimum absolute atomic E-state index is 0.397. The van der Waals surface area contributed by atoms with Gasteiger partial charge in [0.05, 0.1) is 5.56 Å². The number of hydrogen-bond donors (Lipinski definition) is 1. The minimum atomic E-state index is 0.397. The number of rotatable bonds is 0. The Morgan fingerprint density at radius 1 is 1.29 bits per heavy atom. The molecule has 1 spiro atoms. The summed E-state index contributed by atoms with van der Waals surface area (Å²) in [5, 5.41) is 9.01. The van der Waals surface area contributed by atoms with E-state index in [-0.39, 0.29) is 0 Å². The van der Waals surface area contributed by atoms with Crippen molar-refractivity contribution in [3.8, 4) is 6.07 Å². The van der Waals surface area contributed by atoms with Gasteiger partial charge in [-0.05, 0) is 49.1 Å². The second-order valence-corrected chi connectivity index (χ2v) is 5.52. The maximum Gasteiger partial charge on any atom is 0.141 e. The zero-order valence-electron chi connectivity index (χ0n) is 10.00. The van der Waals surface area contributed by atoms with E-state index in [0.717, 1.165) is 18.5 Å². The highest BCUT2D eigenvalue weighted by Crippen LogP contribution is 2.47. The molecule has 88 valence electrons. The third-order valence-electron chi connectivity index (χ3n) is 4.46. The fourth-order valence-electron chi connectivity index (χ4n) is 3.50. The predicted molar refractivity (Wildman–Crippen MR) is 66.3 cm³/mol. The Bertz CT molecular complexity index is 493. The number of hydrogen-bond acceptors (Lipinski definition) is 3. The summed E-state index contributed by atoms with van der Waals surface area (Å²) < 4.78 is 0. The van der Waals surface area contributed by atoms with Crippen molar-refractivity contribution in [2.75, 3.05) is 5.73 Å². The third kappa shape index (κ3) is 1.68. The number of nitriles is 1. The molecule has 0 atom stereocenters. The zero-order chi connectivity index (χ0) is 11.9. The summed E-state index contributed by atoms with van der Waals surface area (Å²) in [6, 6.07) is 4.11. The van der Waals surface area contributed by atoms with Crippen LogP contribution in [0.15, 0.2) is 6.07 Å². The van der Waals surface area contributed by atoms with Crippen LogP contribution in [0.3, 0.4) is 0 Å². The van der Waals surface area contributed by atoms with E-state index in [1.807, 2.05) is 6.07 Å². The molecular formula is C14H17N3. The van der Waals surface area contributed by atoms with Gasteiger partial charge in [-0.3, -0.25) is 0 Å². The first-order valence-corrected chi connectivity index (χ1v) is 6.41. The molecule has 0 bridgehead atoms. The van der Waals surface area contributed by atoms with Crippen LogP contribution in [0.25, 0.3) is 0 Å². The molecule has 2 N–H and O–H groups in total. The average Bonchev–Trinajstić information content (AvgIpc) is 2.77. The summed E-state index contributed by atoms with van der Waals surface area (Å²) in [7, 11) is 0. The van der Waals surface area contributed by atoms with Gasteiger partial charge in [-0.15, -0.1) is 0 Å². The maximum atomic E-state index is 9.01. The quantitative estimate of drug-likeness (QED) is 0.741. The predicted octanol–water partition coefficient (Wildman–Crippen LogP) is 2.58. The average molecular weight is 227 g/mol. The van der Waals surface area contributed by atoms with Gasteiger partial charge in [-0.1, -0.05) is 12.8 Å². The number of nitrogens with two attached hydrogens (primary N) is 1. The molecule has 0 saturated heterocycles. The molecule has 0 radical (unpaired) electrons. The molecule has 2 aliphatic rings. The topological polar surface area (TPSA) is 62.7 Å². The first kappa shape index (κ1) is 10.6. The molecule has 3 heteroatoms. The molecule has 3 nitrogen and oxygen atoms in total. The first-order chi connectivity index (χ1) is 8.22. The summed E-state index contributed by atoms with van der Waals surface area (Å²) in [5.41, 5.74) is 9.21. The van der Waals surface area contributed by atoms with Gasteiger partial charge in [-0.25, -0.2) is 4.98 Å². The number of aryl methyl sites for hydroxylation is 1. The van der Waals surface area contributed by atoms with Crippen LogP contribution in [0.5, 0.6) is 0 Å². The molecule has 0 unspecified atom stereocenters. The van der Waals surface area contributed by atoms with E-state index in [4.69, 9.17) is 11.0 Å². The fourth-order valence-corrected chi connectivity index (χ4v) is 3.50. The largest absolute Gasteiger partial charge is 0.383 e. The van der Waals surface area contributed by atoms with Crippen molar-refractivity contribution in [3.05, 3.63) is 22.9 Å². The highest BCUT2D eigenvalue weighted by atomic mass is 14.9. The highest BCUT2D eigenvalue weighted by molar-refractivity contribution is 5.51. The molecule has 0 aromatic carbocycles. The van der Waals surface area contributed by atoms with E-state index in [0.29, 0.717) is 16.8 Å². The second-order valence-electron chi connectivity index (χ2n) is 5.52. The molecule has 2 aliphatic carbocycles. The van der Waals surface area contributed by atoms with Crippen LogP contribution in [0.4, 0.5) is 5.82 Å². The van der Waals surface area contributed by atoms with Crippen molar-refractivity contribution < 1.29 is 0 Å². The van der Waals surface area contributed by atoms with Crippen molar-refractivity contribution in [1.82, 2.24) is 4.98 Å². The summed E-state index contributed by atoms with van der Waals surface area (Å²) in [5.74, 6) is 0.397. The van der Waals surface area contributed by atoms with Crippen LogP contribution in [-0.4, -0.2) is 4.98 Å². The number of pyridine rings is 1. The van der Waals surface area contributed by atoms with Gasteiger partial charge in [0.15, 0.2) is 0 Å². The van der Waals surface area contributed by atoms with Crippen LogP contribution in [-0.2, 0) is 12.8 Å². The van der Waals surface area contributed by atoms with E-state index in [1.54, 1.807) is 0 Å². The van der Waals surface area contributed by atoms with Crippen LogP contribution in [0.2, 0.25) is 0 Å². The van der Waals surface area contributed by atoms with Crippen LogP contribution in [0.1, 0.15) is 48.9 Å². The molecular weight excluding hydrogens is 210 g/mol. The number of nitrogens with zero attached hydrogens (tertiary/aromatic N) is 2. The van der Waals surface area contributed by atoms with Gasteiger partial charge >= 0.3 is 0 Å². The van der Waals surface area contributed by atoms with Crippen molar-refractivity contribution in [2.45, 2.75) is 44.9 Å². The first-order valence-electron chi connectivity index (χ1n) is 6.41. The lowest BCUT2D eigenvalue weighted by molar-refractivity contribution is 0.253. The zero-order valence-corrected chi connectivity index (χ0v) is 10.00. The van der Waals surface area contributed by atoms with Crippen LogP contribution < -0.4 is 5.73 Å². The number of anilines is 1. The third-order valence-corrected chi connectivity index (χ3v) is 4.46. The monoisotopic (exact) mass is 227 g/mol. The lowest BCUT2D eigenvalue weighted by Gasteiger charge is -2.34. The summed E-state index contributed by atoms with van der Waals surface area (Å²) >= 11 is 0.